The van der Waals surface area contributed by atoms with E-state index in [1.807, 2.05) is 19.9 Å². The molecule has 0 aliphatic rings. The van der Waals surface area contributed by atoms with Gasteiger partial charge in [-0.3, -0.25) is 0 Å². The zero-order chi connectivity index (χ0) is 18.1. The van der Waals surface area contributed by atoms with Crippen LogP contribution in [-0.4, -0.2) is 9.78 Å². The van der Waals surface area contributed by atoms with Crippen LogP contribution in [0.3, 0.4) is 0 Å². The summed E-state index contributed by atoms with van der Waals surface area (Å²) in [6.45, 7) is 3.56. The largest absolute Gasteiger partial charge is 0.483 e. The topological polar surface area (TPSA) is 27.1 Å². The first-order valence-corrected chi connectivity index (χ1v) is 7.45. The average Bonchev–Trinajstić information content (AvgIpc) is 2.92. The highest BCUT2D eigenvalue weighted by atomic mass is 19.2. The molecule has 0 saturated heterocycles. The van der Waals surface area contributed by atoms with Gasteiger partial charge in [-0.25, -0.2) is 13.5 Å². The van der Waals surface area contributed by atoms with E-state index in [-0.39, 0.29) is 12.7 Å². The second-order valence-electron chi connectivity index (χ2n) is 5.59. The van der Waals surface area contributed by atoms with Gasteiger partial charge in [-0.05, 0) is 37.6 Å². The van der Waals surface area contributed by atoms with Crippen molar-refractivity contribution >= 4 is 0 Å². The summed E-state index contributed by atoms with van der Waals surface area (Å²) in [4.78, 5) is 0. The Bertz CT molecular complexity index is 894. The van der Waals surface area contributed by atoms with Crippen molar-refractivity contribution in [2.45, 2.75) is 20.5 Å². The molecule has 0 aliphatic heterocycles. The van der Waals surface area contributed by atoms with Crippen molar-refractivity contribution in [1.29, 1.82) is 0 Å². The van der Waals surface area contributed by atoms with Crippen LogP contribution in [0.25, 0.3) is 5.69 Å². The van der Waals surface area contributed by atoms with Gasteiger partial charge in [0.2, 0.25) is 11.6 Å². The molecular formula is C18H14F4N2O. The Kier molecular flexibility index (Phi) is 4.48. The molecule has 130 valence electrons. The summed E-state index contributed by atoms with van der Waals surface area (Å²) < 4.78 is 60.1. The Hall–Kier alpha value is -2.83. The predicted octanol–water partition coefficient (Wildman–Crippen LogP) is 4.62. The van der Waals surface area contributed by atoms with Gasteiger partial charge >= 0.3 is 0 Å². The van der Waals surface area contributed by atoms with Gasteiger partial charge in [-0.2, -0.15) is 13.9 Å². The smallest absolute Gasteiger partial charge is 0.203 e. The van der Waals surface area contributed by atoms with Crippen molar-refractivity contribution in [2.75, 3.05) is 0 Å². The minimum Gasteiger partial charge on any atom is -0.483 e. The molecule has 0 aliphatic carbocycles. The van der Waals surface area contributed by atoms with Crippen LogP contribution < -0.4 is 4.74 Å². The van der Waals surface area contributed by atoms with E-state index in [1.54, 1.807) is 28.9 Å². The van der Waals surface area contributed by atoms with Gasteiger partial charge in [0.15, 0.2) is 17.4 Å². The lowest BCUT2D eigenvalue weighted by atomic mass is 10.2. The highest BCUT2D eigenvalue weighted by Crippen LogP contribution is 2.27. The molecule has 3 aromatic rings. The number of nitrogens with zero attached hydrogens (tertiary/aromatic N) is 2. The molecule has 1 aromatic heterocycles. The fourth-order valence-electron chi connectivity index (χ4n) is 2.46. The molecular weight excluding hydrogens is 336 g/mol. The van der Waals surface area contributed by atoms with Gasteiger partial charge in [0.05, 0.1) is 11.4 Å². The van der Waals surface area contributed by atoms with E-state index in [0.717, 1.165) is 17.1 Å². The van der Waals surface area contributed by atoms with Gasteiger partial charge in [-0.15, -0.1) is 0 Å². The van der Waals surface area contributed by atoms with Crippen LogP contribution in [0.1, 0.15) is 17.0 Å². The summed E-state index contributed by atoms with van der Waals surface area (Å²) in [5, 5.41) is 4.35. The lowest BCUT2D eigenvalue weighted by molar-refractivity contribution is 0.261. The number of halogens is 4. The highest BCUT2D eigenvalue weighted by Gasteiger charge is 2.20. The number of benzene rings is 2. The van der Waals surface area contributed by atoms with Gasteiger partial charge in [0, 0.05) is 11.8 Å². The van der Waals surface area contributed by atoms with Crippen LogP contribution in [-0.2, 0) is 6.61 Å². The number of rotatable bonds is 4. The summed E-state index contributed by atoms with van der Waals surface area (Å²) in [7, 11) is 0. The van der Waals surface area contributed by atoms with Gasteiger partial charge in [0.1, 0.15) is 6.61 Å². The van der Waals surface area contributed by atoms with E-state index < -0.39 is 29.0 Å². The van der Waals surface area contributed by atoms with E-state index in [1.165, 1.54) is 0 Å². The summed E-state index contributed by atoms with van der Waals surface area (Å²) in [5.41, 5.74) is 3.22. The van der Waals surface area contributed by atoms with Gasteiger partial charge < -0.3 is 4.74 Å². The maximum atomic E-state index is 13.6. The van der Waals surface area contributed by atoms with Crippen molar-refractivity contribution in [3.8, 4) is 11.4 Å². The second-order valence-corrected chi connectivity index (χ2v) is 5.59. The molecule has 0 spiro atoms. The van der Waals surface area contributed by atoms with E-state index in [4.69, 9.17) is 4.74 Å². The van der Waals surface area contributed by atoms with Crippen LogP contribution in [0.4, 0.5) is 17.6 Å². The monoisotopic (exact) mass is 350 g/mol. The van der Waals surface area contributed by atoms with Crippen LogP contribution in [0.5, 0.6) is 5.75 Å². The molecule has 0 atom stereocenters. The zero-order valence-electron chi connectivity index (χ0n) is 13.5. The van der Waals surface area contributed by atoms with E-state index in [2.05, 4.69) is 5.10 Å². The zero-order valence-corrected chi connectivity index (χ0v) is 13.5. The van der Waals surface area contributed by atoms with Crippen LogP contribution in [0, 0.1) is 37.1 Å². The third-order valence-electron chi connectivity index (χ3n) is 3.65. The Morgan fingerprint density at radius 2 is 1.52 bits per heavy atom. The normalized spacial score (nSPS) is 11.0. The predicted molar refractivity (Wildman–Crippen MR) is 83.6 cm³/mol. The van der Waals surface area contributed by atoms with Crippen LogP contribution >= 0.6 is 0 Å². The molecule has 0 radical (unpaired) electrons. The highest BCUT2D eigenvalue weighted by molar-refractivity contribution is 5.36. The number of aromatic nitrogens is 2. The molecule has 25 heavy (non-hydrogen) atoms. The Morgan fingerprint density at radius 1 is 0.920 bits per heavy atom. The minimum atomic E-state index is -1.56. The van der Waals surface area contributed by atoms with Crippen molar-refractivity contribution in [3.05, 3.63) is 76.6 Å². The number of ether oxygens (including phenoxy) is 1. The number of aryl methyl sites for hydroxylation is 2. The van der Waals surface area contributed by atoms with Gasteiger partial charge in [-0.1, -0.05) is 12.1 Å². The first-order chi connectivity index (χ1) is 11.9. The molecule has 0 N–H and O–H groups in total. The van der Waals surface area contributed by atoms with Crippen molar-refractivity contribution in [2.24, 2.45) is 0 Å². The minimum absolute atomic E-state index is 0.140. The summed E-state index contributed by atoms with van der Waals surface area (Å²) in [6, 6.07) is 8.95. The summed E-state index contributed by atoms with van der Waals surface area (Å²) in [6.07, 6.45) is 0. The maximum Gasteiger partial charge on any atom is 0.203 e. The summed E-state index contributed by atoms with van der Waals surface area (Å²) in [5.74, 6) is -7.20. The summed E-state index contributed by atoms with van der Waals surface area (Å²) >= 11 is 0. The standard InChI is InChI=1S/C18H14F4N2O/c1-10-7-11(2)24(23-10)13-5-3-12(4-6-13)9-25-18-16(21)14(19)8-15(20)17(18)22/h3-8H,9H2,1-2H3. The molecule has 0 fully saturated rings. The quantitative estimate of drug-likeness (QED) is 0.507. The fraction of sp³-hybridized carbons (Fsp3) is 0.167. The second kappa shape index (κ2) is 6.58. The van der Waals surface area contributed by atoms with Crippen molar-refractivity contribution in [3.63, 3.8) is 0 Å². The average molecular weight is 350 g/mol. The van der Waals surface area contributed by atoms with Crippen LogP contribution in [0.2, 0.25) is 0 Å². The Balaban J connectivity index is 1.78. The Labute approximate surface area is 141 Å². The Morgan fingerprint density at radius 3 is 2.04 bits per heavy atom. The molecule has 1 heterocycles. The van der Waals surface area contributed by atoms with Crippen LogP contribution in [0.15, 0.2) is 36.4 Å². The van der Waals surface area contributed by atoms with E-state index in [0.29, 0.717) is 5.56 Å². The molecule has 3 rings (SSSR count). The molecule has 0 amide bonds. The molecule has 0 unspecified atom stereocenters. The molecule has 0 bridgehead atoms. The number of hydrogen-bond donors (Lipinski definition) is 0. The van der Waals surface area contributed by atoms with Gasteiger partial charge in [0.25, 0.3) is 0 Å². The van der Waals surface area contributed by atoms with Crippen molar-refractivity contribution in [1.82, 2.24) is 9.78 Å². The van der Waals surface area contributed by atoms with E-state index >= 15 is 0 Å². The SMILES string of the molecule is Cc1cc(C)n(-c2ccc(COc3c(F)c(F)cc(F)c3F)cc2)n1. The maximum absolute atomic E-state index is 13.6. The fourth-order valence-corrected chi connectivity index (χ4v) is 2.46. The molecule has 2 aromatic carbocycles. The third-order valence-corrected chi connectivity index (χ3v) is 3.65. The number of hydrogen-bond acceptors (Lipinski definition) is 2. The third kappa shape index (κ3) is 3.35. The molecule has 7 heteroatoms. The lowest BCUT2D eigenvalue weighted by Crippen LogP contribution is -2.04. The molecule has 3 nitrogen and oxygen atoms in total. The van der Waals surface area contributed by atoms with E-state index in [9.17, 15) is 17.6 Å². The lowest BCUT2D eigenvalue weighted by Gasteiger charge is -2.10. The first-order valence-electron chi connectivity index (χ1n) is 7.45. The van der Waals surface area contributed by atoms with Crippen molar-refractivity contribution < 1.29 is 22.3 Å². The first kappa shape index (κ1) is 17.0. The molecule has 0 saturated carbocycles.